The molecule has 0 radical (unpaired) electrons. The fourth-order valence-electron chi connectivity index (χ4n) is 3.30. The second-order valence-electron chi connectivity index (χ2n) is 6.99. The lowest BCUT2D eigenvalue weighted by Crippen LogP contribution is -2.22. The molecule has 3 N–H and O–H groups in total. The second kappa shape index (κ2) is 9.17. The monoisotopic (exact) mass is 423 g/mol. The zero-order valence-corrected chi connectivity index (χ0v) is 17.8. The lowest BCUT2D eigenvalue weighted by atomic mass is 10.0. The van der Waals surface area contributed by atoms with Gasteiger partial charge in [0.1, 0.15) is 0 Å². The lowest BCUT2D eigenvalue weighted by molar-refractivity contribution is -0.114. The van der Waals surface area contributed by atoms with Gasteiger partial charge in [0, 0.05) is 25.2 Å². The minimum atomic E-state index is -2.56. The Morgan fingerprint density at radius 1 is 1.10 bits per heavy atom. The first kappa shape index (κ1) is 21.6. The summed E-state index contributed by atoms with van der Waals surface area (Å²) in [6, 6.07) is 12.8. The summed E-state index contributed by atoms with van der Waals surface area (Å²) >= 11 is -2.56. The number of nitrogens with zero attached hydrogens (tertiary/aromatic N) is 2. The molecule has 0 bridgehead atoms. The van der Waals surface area contributed by atoms with E-state index in [2.05, 4.69) is 10.3 Å². The quantitative estimate of drug-likeness (QED) is 0.587. The van der Waals surface area contributed by atoms with Gasteiger partial charge in [-0.1, -0.05) is 29.8 Å². The first-order valence-electron chi connectivity index (χ1n) is 9.33. The van der Waals surface area contributed by atoms with Gasteiger partial charge in [-0.2, -0.15) is 0 Å². The molecule has 8 heteroatoms. The molecule has 0 saturated carbocycles. The maximum atomic E-state index is 12.3. The van der Waals surface area contributed by atoms with E-state index >= 15 is 0 Å². The molecule has 30 heavy (non-hydrogen) atoms. The van der Waals surface area contributed by atoms with E-state index in [1.54, 1.807) is 36.7 Å². The van der Waals surface area contributed by atoms with Gasteiger partial charge in [-0.3, -0.25) is 18.3 Å². The van der Waals surface area contributed by atoms with E-state index in [-0.39, 0.29) is 12.5 Å². The summed E-state index contributed by atoms with van der Waals surface area (Å²) in [6.45, 7) is 5.43. The highest BCUT2D eigenvalue weighted by Gasteiger charge is 2.17. The average Bonchev–Trinajstić information content (AvgIpc) is 2.69. The van der Waals surface area contributed by atoms with Crippen molar-refractivity contribution < 1.29 is 13.6 Å². The maximum absolute atomic E-state index is 12.3. The van der Waals surface area contributed by atoms with Crippen molar-refractivity contribution in [1.82, 2.24) is 4.98 Å². The highest BCUT2D eigenvalue weighted by molar-refractivity contribution is 7.81. The predicted octanol–water partition coefficient (Wildman–Crippen LogP) is 3.71. The molecule has 0 fully saturated rings. The van der Waals surface area contributed by atoms with Gasteiger partial charge < -0.3 is 15.6 Å². The largest absolute Gasteiger partial charge is 0.755 e. The molecule has 0 aliphatic heterocycles. The summed E-state index contributed by atoms with van der Waals surface area (Å²) in [5.74, 6) is -0.198. The summed E-state index contributed by atoms with van der Waals surface area (Å²) in [7, 11) is 0. The van der Waals surface area contributed by atoms with Crippen molar-refractivity contribution in [2.75, 3.05) is 9.62 Å². The Kier molecular flexibility index (Phi) is 6.61. The third-order valence-corrected chi connectivity index (χ3v) is 5.33. The molecule has 1 atom stereocenters. The molecule has 7 nitrogen and oxygen atoms in total. The van der Waals surface area contributed by atoms with Gasteiger partial charge in [0.15, 0.2) is 0 Å². The summed E-state index contributed by atoms with van der Waals surface area (Å²) < 4.78 is 25.8. The normalized spacial score (nSPS) is 11.8. The Bertz CT molecular complexity index is 1120. The Hall–Kier alpha value is -3.07. The Balaban J connectivity index is 2.14. The molecular formula is C22H23N4O3S-. The van der Waals surface area contributed by atoms with Crippen LogP contribution in [0.15, 0.2) is 54.9 Å². The van der Waals surface area contributed by atoms with Gasteiger partial charge in [0.2, 0.25) is 5.91 Å². The Morgan fingerprint density at radius 2 is 1.87 bits per heavy atom. The van der Waals surface area contributed by atoms with Gasteiger partial charge in [-0.05, 0) is 48.7 Å². The van der Waals surface area contributed by atoms with Crippen molar-refractivity contribution in [3.8, 4) is 11.1 Å². The number of hydrogen-bond donors (Lipinski definition) is 2. The van der Waals surface area contributed by atoms with Crippen molar-refractivity contribution in [3.05, 3.63) is 71.5 Å². The Morgan fingerprint density at radius 3 is 2.50 bits per heavy atom. The number of aryl methyl sites for hydroxylation is 2. The van der Waals surface area contributed by atoms with E-state index in [0.717, 1.165) is 22.3 Å². The van der Waals surface area contributed by atoms with Crippen LogP contribution in [0.5, 0.6) is 0 Å². The van der Waals surface area contributed by atoms with E-state index in [1.165, 1.54) is 11.2 Å². The zero-order chi connectivity index (χ0) is 21.8. The maximum Gasteiger partial charge on any atom is 0.221 e. The van der Waals surface area contributed by atoms with Gasteiger partial charge in [0.05, 0.1) is 34.5 Å². The van der Waals surface area contributed by atoms with Crippen LogP contribution in [-0.4, -0.2) is 19.7 Å². The van der Waals surface area contributed by atoms with E-state index in [4.69, 9.17) is 5.73 Å². The number of carbonyl (C=O) groups excluding carboxylic acids is 1. The summed E-state index contributed by atoms with van der Waals surface area (Å²) in [5, 5.41) is 2.70. The standard InChI is InChI=1S/C22H24N4O3S/c1-14-4-7-21(15(2)8-14)26(30(28)29)22-10-17(5-6-18(22)11-23)19-9-20(13-24-12-19)25-16(3)27/h4-10,12-13H,11,23H2,1-3H3,(H,25,27)(H,28,29)/p-1. The summed E-state index contributed by atoms with van der Waals surface area (Å²) in [4.78, 5) is 15.5. The molecular weight excluding hydrogens is 400 g/mol. The van der Waals surface area contributed by atoms with E-state index in [1.807, 2.05) is 32.0 Å². The molecule has 2 aromatic carbocycles. The number of anilines is 3. The van der Waals surface area contributed by atoms with E-state index in [9.17, 15) is 13.6 Å². The van der Waals surface area contributed by atoms with Crippen molar-refractivity contribution in [3.63, 3.8) is 0 Å². The van der Waals surface area contributed by atoms with Gasteiger partial charge >= 0.3 is 0 Å². The fraction of sp³-hybridized carbons (Fsp3) is 0.182. The molecule has 0 spiro atoms. The number of nitrogens with two attached hydrogens (primary N) is 1. The molecule has 0 aliphatic carbocycles. The molecule has 0 aliphatic rings. The lowest BCUT2D eigenvalue weighted by Gasteiger charge is -2.30. The van der Waals surface area contributed by atoms with Gasteiger partial charge in [-0.25, -0.2) is 0 Å². The fourth-order valence-corrected chi connectivity index (χ4v) is 3.99. The highest BCUT2D eigenvalue weighted by Crippen LogP contribution is 2.36. The van der Waals surface area contributed by atoms with Crippen LogP contribution in [0.25, 0.3) is 11.1 Å². The smallest absolute Gasteiger partial charge is 0.221 e. The van der Waals surface area contributed by atoms with Gasteiger partial charge in [-0.15, -0.1) is 0 Å². The molecule has 156 valence electrons. The van der Waals surface area contributed by atoms with Crippen LogP contribution in [0.2, 0.25) is 0 Å². The van der Waals surface area contributed by atoms with Crippen LogP contribution < -0.4 is 15.4 Å². The molecule has 1 aromatic heterocycles. The van der Waals surface area contributed by atoms with Crippen LogP contribution in [0.1, 0.15) is 23.6 Å². The van der Waals surface area contributed by atoms with Gasteiger partial charge in [0.25, 0.3) is 0 Å². The van der Waals surface area contributed by atoms with Crippen molar-refractivity contribution in [1.29, 1.82) is 0 Å². The molecule has 3 rings (SSSR count). The number of aromatic nitrogens is 1. The van der Waals surface area contributed by atoms with Crippen LogP contribution in [0.4, 0.5) is 17.1 Å². The second-order valence-corrected chi connectivity index (χ2v) is 7.79. The minimum absolute atomic E-state index is 0.179. The summed E-state index contributed by atoms with van der Waals surface area (Å²) in [5.41, 5.74) is 11.6. The van der Waals surface area contributed by atoms with Crippen molar-refractivity contribution >= 4 is 34.2 Å². The third-order valence-electron chi connectivity index (χ3n) is 4.64. The predicted molar refractivity (Wildman–Crippen MR) is 119 cm³/mol. The molecule has 0 saturated heterocycles. The van der Waals surface area contributed by atoms with Crippen LogP contribution in [0.3, 0.4) is 0 Å². The minimum Gasteiger partial charge on any atom is -0.755 e. The number of hydrogen-bond acceptors (Lipinski definition) is 5. The van der Waals surface area contributed by atoms with Crippen LogP contribution >= 0.6 is 0 Å². The Labute approximate surface area is 178 Å². The number of carbonyl (C=O) groups is 1. The average molecular weight is 424 g/mol. The SMILES string of the molecule is CC(=O)Nc1cncc(-c2ccc(CN)c(N(c3ccc(C)cc3C)S(=O)[O-])c2)c1. The van der Waals surface area contributed by atoms with Crippen LogP contribution in [-0.2, 0) is 22.6 Å². The zero-order valence-electron chi connectivity index (χ0n) is 17.0. The first-order chi connectivity index (χ1) is 14.3. The number of pyridine rings is 1. The van der Waals surface area contributed by atoms with E-state index < -0.39 is 11.3 Å². The van der Waals surface area contributed by atoms with Crippen LogP contribution in [0, 0.1) is 13.8 Å². The molecule has 1 amide bonds. The van der Waals surface area contributed by atoms with Crippen molar-refractivity contribution in [2.24, 2.45) is 5.73 Å². The van der Waals surface area contributed by atoms with E-state index in [0.29, 0.717) is 22.6 Å². The number of rotatable bonds is 6. The third kappa shape index (κ3) is 4.73. The first-order valence-corrected chi connectivity index (χ1v) is 10.4. The number of benzene rings is 2. The topological polar surface area (TPSA) is 111 Å². The summed E-state index contributed by atoms with van der Waals surface area (Å²) in [6.07, 6.45) is 3.21. The highest BCUT2D eigenvalue weighted by atomic mass is 32.2. The molecule has 1 unspecified atom stereocenters. The molecule has 3 aromatic rings. The van der Waals surface area contributed by atoms with Crippen molar-refractivity contribution in [2.45, 2.75) is 27.3 Å². The molecule has 1 heterocycles. The number of nitrogens with one attached hydrogen (secondary N) is 1. The number of amides is 1.